The number of hydrogen-bond acceptors (Lipinski definition) is 10. The number of anilines is 3. The number of fused-ring (bicyclic) bond motifs is 1. The first-order valence-corrected chi connectivity index (χ1v) is 10.1. The highest BCUT2D eigenvalue weighted by Gasteiger charge is 2.32. The Labute approximate surface area is 189 Å². The highest BCUT2D eigenvalue weighted by atomic mass is 79.9. The van der Waals surface area contributed by atoms with Crippen LogP contribution in [0.25, 0.3) is 0 Å². The van der Waals surface area contributed by atoms with Crippen molar-refractivity contribution >= 4 is 55.1 Å². The number of hydrogen-bond donors (Lipinski definition) is 4. The molecule has 0 saturated heterocycles. The number of aromatic nitrogens is 1. The van der Waals surface area contributed by atoms with Gasteiger partial charge in [-0.3, -0.25) is 5.32 Å². The molecule has 0 fully saturated rings. The van der Waals surface area contributed by atoms with Gasteiger partial charge in [-0.15, -0.1) is 0 Å². The molecule has 10 nitrogen and oxygen atoms in total. The molecule has 1 aliphatic heterocycles. The van der Waals surface area contributed by atoms with Crippen LogP contribution < -0.4 is 31.6 Å². The number of nitriles is 2. The minimum Gasteiger partial charge on any atom is -0.493 e. The number of aliphatic imine (C=N–C) groups is 1. The largest absolute Gasteiger partial charge is 0.493 e. The summed E-state index contributed by atoms with van der Waals surface area (Å²) in [6.07, 6.45) is 1.81. The van der Waals surface area contributed by atoms with E-state index >= 15 is 0 Å². The number of nitrogens with two attached hydrogens (primary N) is 2. The number of guanidine groups is 1. The lowest BCUT2D eigenvalue weighted by atomic mass is 9.95. The summed E-state index contributed by atoms with van der Waals surface area (Å²) >= 11 is 7.11. The SMILES string of the molecule is CCOc1c(OC)cc(C2N=C(NC#N)Nc3nc(N)c(C#N)c(N)c32)c(Br)c1Br. The number of methoxy groups -OCH3 is 1. The fourth-order valence-corrected chi connectivity index (χ4v) is 4.09. The van der Waals surface area contributed by atoms with E-state index in [1.54, 1.807) is 6.07 Å². The minimum atomic E-state index is -0.729. The molecule has 2 heterocycles. The number of nitrogen functional groups attached to an aromatic ring is 2. The van der Waals surface area contributed by atoms with Crippen LogP contribution >= 0.6 is 31.9 Å². The lowest BCUT2D eigenvalue weighted by Gasteiger charge is -2.27. The van der Waals surface area contributed by atoms with E-state index in [1.807, 2.05) is 19.2 Å². The highest BCUT2D eigenvalue weighted by molar-refractivity contribution is 9.13. The number of ether oxygens (including phenoxy) is 2. The van der Waals surface area contributed by atoms with Crippen molar-refractivity contribution < 1.29 is 9.47 Å². The second-order valence-corrected chi connectivity index (χ2v) is 7.55. The van der Waals surface area contributed by atoms with Crippen LogP contribution in [0, 0.1) is 22.8 Å². The second-order valence-electron chi connectivity index (χ2n) is 5.96. The zero-order valence-corrected chi connectivity index (χ0v) is 19.0. The van der Waals surface area contributed by atoms with E-state index < -0.39 is 6.04 Å². The van der Waals surface area contributed by atoms with Crippen LogP contribution in [0.15, 0.2) is 20.0 Å². The normalized spacial score (nSPS) is 14.5. The van der Waals surface area contributed by atoms with Crippen molar-refractivity contribution in [1.82, 2.24) is 10.3 Å². The molecule has 2 aromatic rings. The third kappa shape index (κ3) is 3.56. The van der Waals surface area contributed by atoms with Crippen LogP contribution in [0.2, 0.25) is 0 Å². The fraction of sp³-hybridized carbons (Fsp3) is 0.222. The van der Waals surface area contributed by atoms with E-state index in [1.165, 1.54) is 7.11 Å². The summed E-state index contributed by atoms with van der Waals surface area (Å²) < 4.78 is 12.4. The molecule has 3 rings (SSSR count). The van der Waals surface area contributed by atoms with Gasteiger partial charge in [-0.25, -0.2) is 9.98 Å². The van der Waals surface area contributed by atoms with Gasteiger partial charge in [-0.05, 0) is 44.8 Å². The predicted molar refractivity (Wildman–Crippen MR) is 119 cm³/mol. The summed E-state index contributed by atoms with van der Waals surface area (Å²) in [5.41, 5.74) is 13.5. The Morgan fingerprint density at radius 2 is 2.03 bits per heavy atom. The standard InChI is InChI=1S/C18H16Br2N8O2/c1-3-30-15-9(29-2)4-7(11(19)12(15)20)14-10-13(23)8(5-21)16(24)27-17(10)28-18(26-14)25-6-22/h4,14H,3H2,1-2H3,(H6,23,24,25,26,27,28). The molecule has 1 aliphatic rings. The topological polar surface area (TPSA) is 167 Å². The van der Waals surface area contributed by atoms with Gasteiger partial charge in [-0.2, -0.15) is 10.5 Å². The first kappa shape index (κ1) is 21.5. The van der Waals surface area contributed by atoms with Crippen LogP contribution in [0.3, 0.4) is 0 Å². The van der Waals surface area contributed by atoms with Gasteiger partial charge in [0.25, 0.3) is 0 Å². The van der Waals surface area contributed by atoms with E-state index in [4.69, 9.17) is 26.2 Å². The molecule has 0 bridgehead atoms. The third-order valence-corrected chi connectivity index (χ3v) is 6.46. The fourth-order valence-electron chi connectivity index (χ4n) is 3.04. The molecule has 1 atom stereocenters. The molecule has 30 heavy (non-hydrogen) atoms. The van der Waals surface area contributed by atoms with E-state index in [0.29, 0.717) is 38.2 Å². The minimum absolute atomic E-state index is 0.0253. The van der Waals surface area contributed by atoms with Crippen LogP contribution in [-0.2, 0) is 0 Å². The summed E-state index contributed by atoms with van der Waals surface area (Å²) in [5, 5.41) is 23.8. The Balaban J connectivity index is 2.32. The van der Waals surface area contributed by atoms with Gasteiger partial charge in [-0.1, -0.05) is 0 Å². The Hall–Kier alpha value is -3.22. The average Bonchev–Trinajstić information content (AvgIpc) is 2.71. The molecule has 0 radical (unpaired) electrons. The van der Waals surface area contributed by atoms with Crippen LogP contribution in [0.4, 0.5) is 17.3 Å². The molecule has 6 N–H and O–H groups in total. The van der Waals surface area contributed by atoms with Crippen LogP contribution in [0.1, 0.15) is 29.7 Å². The van der Waals surface area contributed by atoms with Crippen molar-refractivity contribution in [3.63, 3.8) is 0 Å². The number of nitrogens with one attached hydrogen (secondary N) is 2. The summed E-state index contributed by atoms with van der Waals surface area (Å²) in [6, 6.07) is 2.99. The summed E-state index contributed by atoms with van der Waals surface area (Å²) in [5.74, 6) is 1.40. The number of benzene rings is 1. The molecule has 1 aromatic carbocycles. The maximum Gasteiger partial charge on any atom is 0.211 e. The number of pyridine rings is 1. The molecule has 0 amide bonds. The van der Waals surface area contributed by atoms with Crippen molar-refractivity contribution in [2.45, 2.75) is 13.0 Å². The van der Waals surface area contributed by atoms with Gasteiger partial charge in [0.15, 0.2) is 17.7 Å². The number of halogens is 2. The monoisotopic (exact) mass is 534 g/mol. The van der Waals surface area contributed by atoms with Gasteiger partial charge < -0.3 is 26.3 Å². The molecule has 154 valence electrons. The Morgan fingerprint density at radius 1 is 1.30 bits per heavy atom. The van der Waals surface area contributed by atoms with Gasteiger partial charge in [0.1, 0.15) is 29.3 Å². The molecular weight excluding hydrogens is 520 g/mol. The molecule has 1 unspecified atom stereocenters. The van der Waals surface area contributed by atoms with E-state index in [9.17, 15) is 5.26 Å². The Kier molecular flexibility index (Phi) is 6.20. The highest BCUT2D eigenvalue weighted by Crippen LogP contribution is 2.49. The van der Waals surface area contributed by atoms with E-state index in [0.717, 1.165) is 0 Å². The van der Waals surface area contributed by atoms with Crippen molar-refractivity contribution in [1.29, 1.82) is 10.5 Å². The first-order chi connectivity index (χ1) is 14.4. The van der Waals surface area contributed by atoms with Gasteiger partial charge in [0.05, 0.1) is 23.9 Å². The van der Waals surface area contributed by atoms with Gasteiger partial charge in [0, 0.05) is 15.6 Å². The zero-order chi connectivity index (χ0) is 22.0. The lowest BCUT2D eigenvalue weighted by Crippen LogP contribution is -2.33. The third-order valence-electron chi connectivity index (χ3n) is 4.32. The average molecular weight is 536 g/mol. The maximum absolute atomic E-state index is 9.46. The van der Waals surface area contributed by atoms with E-state index in [-0.39, 0.29) is 28.8 Å². The lowest BCUT2D eigenvalue weighted by molar-refractivity contribution is 0.308. The second kappa shape index (κ2) is 8.65. The smallest absolute Gasteiger partial charge is 0.211 e. The molecule has 0 spiro atoms. The summed E-state index contributed by atoms with van der Waals surface area (Å²) in [4.78, 5) is 8.80. The Morgan fingerprint density at radius 3 is 2.63 bits per heavy atom. The first-order valence-electron chi connectivity index (χ1n) is 8.55. The van der Waals surface area contributed by atoms with Crippen molar-refractivity contribution in [2.75, 3.05) is 30.5 Å². The van der Waals surface area contributed by atoms with Gasteiger partial charge in [0.2, 0.25) is 5.96 Å². The molecule has 0 aliphatic carbocycles. The zero-order valence-electron chi connectivity index (χ0n) is 15.9. The molecule has 1 aromatic heterocycles. The summed E-state index contributed by atoms with van der Waals surface area (Å²) in [6.45, 7) is 2.30. The van der Waals surface area contributed by atoms with Gasteiger partial charge >= 0.3 is 0 Å². The Bertz CT molecular complexity index is 1140. The van der Waals surface area contributed by atoms with Crippen molar-refractivity contribution in [3.8, 4) is 23.8 Å². The number of nitrogens with zero attached hydrogens (tertiary/aromatic N) is 4. The molecular formula is C18H16Br2N8O2. The quantitative estimate of drug-likeness (QED) is 0.339. The van der Waals surface area contributed by atoms with Crippen molar-refractivity contribution in [3.05, 3.63) is 31.7 Å². The van der Waals surface area contributed by atoms with Crippen LogP contribution in [-0.4, -0.2) is 24.7 Å². The van der Waals surface area contributed by atoms with E-state index in [2.05, 4.69) is 52.5 Å². The van der Waals surface area contributed by atoms with Crippen molar-refractivity contribution in [2.24, 2.45) is 4.99 Å². The maximum atomic E-state index is 9.46. The molecule has 12 heteroatoms. The summed E-state index contributed by atoms with van der Waals surface area (Å²) in [7, 11) is 1.52. The van der Waals surface area contributed by atoms with Crippen LogP contribution in [0.5, 0.6) is 11.5 Å². The predicted octanol–water partition coefficient (Wildman–Crippen LogP) is 2.99. The number of rotatable bonds is 4. The molecule has 0 saturated carbocycles.